The first-order chi connectivity index (χ1) is 9.10. The van der Waals surface area contributed by atoms with Crippen molar-refractivity contribution in [3.63, 3.8) is 0 Å². The van der Waals surface area contributed by atoms with E-state index in [2.05, 4.69) is 46.4 Å². The zero-order chi connectivity index (χ0) is 13.8. The van der Waals surface area contributed by atoms with E-state index in [9.17, 15) is 0 Å². The Morgan fingerprint density at radius 1 is 1.16 bits per heavy atom. The van der Waals surface area contributed by atoms with Gasteiger partial charge in [0.2, 0.25) is 0 Å². The number of nitrogens with one attached hydrogen (secondary N) is 2. The number of rotatable bonds is 5. The number of nitrogens with zero attached hydrogens (tertiary/aromatic N) is 3. The molecule has 0 saturated carbocycles. The van der Waals surface area contributed by atoms with Crippen LogP contribution in [0.4, 0.5) is 11.6 Å². The Bertz CT molecular complexity index is 524. The second-order valence-corrected chi connectivity index (χ2v) is 5.56. The molecular weight excluding hydrogens is 258 g/mol. The Hall–Kier alpha value is -1.69. The summed E-state index contributed by atoms with van der Waals surface area (Å²) in [5.41, 5.74) is 0. The molecule has 0 aromatic carbocycles. The van der Waals surface area contributed by atoms with E-state index in [1.165, 1.54) is 0 Å². The SMILES string of the molecule is CNc1cc(NC(C)c2nccs2)nc(C(C)C)n1. The topological polar surface area (TPSA) is 62.7 Å². The highest BCUT2D eigenvalue weighted by atomic mass is 32.1. The maximum absolute atomic E-state index is 4.55. The van der Waals surface area contributed by atoms with Crippen LogP contribution in [-0.2, 0) is 0 Å². The van der Waals surface area contributed by atoms with E-state index in [0.717, 1.165) is 22.5 Å². The Morgan fingerprint density at radius 3 is 2.47 bits per heavy atom. The maximum atomic E-state index is 4.55. The molecule has 6 heteroatoms. The van der Waals surface area contributed by atoms with Gasteiger partial charge >= 0.3 is 0 Å². The van der Waals surface area contributed by atoms with E-state index in [0.29, 0.717) is 5.92 Å². The lowest BCUT2D eigenvalue weighted by Crippen LogP contribution is -2.11. The molecule has 0 amide bonds. The average Bonchev–Trinajstić information content (AvgIpc) is 2.92. The van der Waals surface area contributed by atoms with Crippen LogP contribution in [0.1, 0.15) is 43.6 Å². The lowest BCUT2D eigenvalue weighted by atomic mass is 10.2. The molecule has 2 N–H and O–H groups in total. The fourth-order valence-electron chi connectivity index (χ4n) is 1.66. The molecule has 2 aromatic rings. The largest absolute Gasteiger partial charge is 0.373 e. The summed E-state index contributed by atoms with van der Waals surface area (Å²) in [5.74, 6) is 2.78. The number of hydrogen-bond donors (Lipinski definition) is 2. The summed E-state index contributed by atoms with van der Waals surface area (Å²) in [6.45, 7) is 6.25. The molecule has 0 spiro atoms. The first-order valence-electron chi connectivity index (χ1n) is 6.32. The molecule has 0 bridgehead atoms. The molecule has 2 heterocycles. The highest BCUT2D eigenvalue weighted by Crippen LogP contribution is 2.22. The van der Waals surface area contributed by atoms with Crippen molar-refractivity contribution in [1.29, 1.82) is 0 Å². The highest BCUT2D eigenvalue weighted by Gasteiger charge is 2.12. The minimum atomic E-state index is 0.139. The first-order valence-corrected chi connectivity index (χ1v) is 7.20. The van der Waals surface area contributed by atoms with Gasteiger partial charge in [-0.2, -0.15) is 0 Å². The standard InChI is InChI=1S/C13H19N5S/c1-8(2)12-17-10(14-4)7-11(18-12)16-9(3)13-15-5-6-19-13/h5-9H,1-4H3,(H2,14,16,17,18). The van der Waals surface area contributed by atoms with Gasteiger partial charge < -0.3 is 10.6 Å². The van der Waals surface area contributed by atoms with E-state index in [-0.39, 0.29) is 6.04 Å². The van der Waals surface area contributed by atoms with E-state index in [4.69, 9.17) is 0 Å². The predicted octanol–water partition coefficient (Wildman–Crippen LogP) is 3.27. The van der Waals surface area contributed by atoms with Crippen LogP contribution in [0.15, 0.2) is 17.6 Å². The number of aromatic nitrogens is 3. The summed E-state index contributed by atoms with van der Waals surface area (Å²) in [4.78, 5) is 13.3. The van der Waals surface area contributed by atoms with Crippen molar-refractivity contribution in [2.24, 2.45) is 0 Å². The molecule has 0 radical (unpaired) electrons. The summed E-state index contributed by atoms with van der Waals surface area (Å²) >= 11 is 1.64. The highest BCUT2D eigenvalue weighted by molar-refractivity contribution is 7.09. The fraction of sp³-hybridized carbons (Fsp3) is 0.462. The summed E-state index contributed by atoms with van der Waals surface area (Å²) in [6, 6.07) is 2.05. The van der Waals surface area contributed by atoms with Gasteiger partial charge in [0.05, 0.1) is 6.04 Å². The van der Waals surface area contributed by atoms with Gasteiger partial charge in [-0.05, 0) is 6.92 Å². The molecular formula is C13H19N5S. The van der Waals surface area contributed by atoms with Crippen LogP contribution in [-0.4, -0.2) is 22.0 Å². The second-order valence-electron chi connectivity index (χ2n) is 4.64. The summed E-state index contributed by atoms with van der Waals surface area (Å²) in [5, 5.41) is 9.47. The van der Waals surface area contributed by atoms with Gasteiger partial charge in [-0.3, -0.25) is 0 Å². The van der Waals surface area contributed by atoms with Crippen molar-refractivity contribution in [2.75, 3.05) is 17.7 Å². The van der Waals surface area contributed by atoms with Crippen molar-refractivity contribution in [3.05, 3.63) is 28.5 Å². The molecule has 0 aliphatic rings. The van der Waals surface area contributed by atoms with Crippen LogP contribution in [0, 0.1) is 0 Å². The lowest BCUT2D eigenvalue weighted by molar-refractivity contribution is 0.769. The van der Waals surface area contributed by atoms with E-state index >= 15 is 0 Å². The van der Waals surface area contributed by atoms with Crippen LogP contribution in [0.2, 0.25) is 0 Å². The van der Waals surface area contributed by atoms with E-state index in [1.54, 1.807) is 11.3 Å². The molecule has 2 aromatic heterocycles. The summed E-state index contributed by atoms with van der Waals surface area (Å²) < 4.78 is 0. The third kappa shape index (κ3) is 3.41. The maximum Gasteiger partial charge on any atom is 0.135 e. The Kier molecular flexibility index (Phi) is 4.31. The Labute approximate surface area is 117 Å². The smallest absolute Gasteiger partial charge is 0.135 e. The van der Waals surface area contributed by atoms with Crippen molar-refractivity contribution in [3.8, 4) is 0 Å². The fourth-order valence-corrected chi connectivity index (χ4v) is 2.30. The van der Waals surface area contributed by atoms with Gasteiger partial charge in [0.25, 0.3) is 0 Å². The van der Waals surface area contributed by atoms with Crippen LogP contribution in [0.3, 0.4) is 0 Å². The van der Waals surface area contributed by atoms with Crippen LogP contribution < -0.4 is 10.6 Å². The van der Waals surface area contributed by atoms with Gasteiger partial charge in [-0.15, -0.1) is 11.3 Å². The van der Waals surface area contributed by atoms with Crippen LogP contribution in [0.5, 0.6) is 0 Å². The predicted molar refractivity (Wildman–Crippen MR) is 79.8 cm³/mol. The quantitative estimate of drug-likeness (QED) is 0.878. The third-order valence-electron chi connectivity index (χ3n) is 2.70. The second kappa shape index (κ2) is 5.97. The van der Waals surface area contributed by atoms with E-state index in [1.807, 2.05) is 24.7 Å². The van der Waals surface area contributed by atoms with Gasteiger partial charge in [-0.25, -0.2) is 15.0 Å². The number of hydrogen-bond acceptors (Lipinski definition) is 6. The molecule has 102 valence electrons. The first kappa shape index (κ1) is 13.7. The molecule has 0 saturated heterocycles. The monoisotopic (exact) mass is 277 g/mol. The van der Waals surface area contributed by atoms with Gasteiger partial charge in [0.1, 0.15) is 22.5 Å². The molecule has 0 aliphatic carbocycles. The van der Waals surface area contributed by atoms with Gasteiger partial charge in [-0.1, -0.05) is 13.8 Å². The molecule has 0 aliphatic heterocycles. The molecule has 2 rings (SSSR count). The van der Waals surface area contributed by atoms with Crippen LogP contribution in [0.25, 0.3) is 0 Å². The molecule has 1 unspecified atom stereocenters. The van der Waals surface area contributed by atoms with Gasteiger partial charge in [0.15, 0.2) is 0 Å². The molecule has 5 nitrogen and oxygen atoms in total. The average molecular weight is 277 g/mol. The number of anilines is 2. The minimum Gasteiger partial charge on any atom is -0.373 e. The van der Waals surface area contributed by atoms with Crippen molar-refractivity contribution >= 4 is 23.0 Å². The lowest BCUT2D eigenvalue weighted by Gasteiger charge is -2.15. The van der Waals surface area contributed by atoms with Crippen molar-refractivity contribution in [1.82, 2.24) is 15.0 Å². The van der Waals surface area contributed by atoms with Crippen LogP contribution >= 0.6 is 11.3 Å². The summed E-state index contributed by atoms with van der Waals surface area (Å²) in [7, 11) is 1.86. The Balaban J connectivity index is 2.21. The Morgan fingerprint density at radius 2 is 1.89 bits per heavy atom. The van der Waals surface area contributed by atoms with Gasteiger partial charge in [0, 0.05) is 30.6 Å². The number of thiazole rings is 1. The zero-order valence-corrected chi connectivity index (χ0v) is 12.5. The van der Waals surface area contributed by atoms with Crippen molar-refractivity contribution in [2.45, 2.75) is 32.7 Å². The molecule has 1 atom stereocenters. The van der Waals surface area contributed by atoms with E-state index < -0.39 is 0 Å². The normalized spacial score (nSPS) is 12.5. The molecule has 0 fully saturated rings. The minimum absolute atomic E-state index is 0.139. The molecule has 19 heavy (non-hydrogen) atoms. The third-order valence-corrected chi connectivity index (χ3v) is 3.66. The van der Waals surface area contributed by atoms with Crippen molar-refractivity contribution < 1.29 is 0 Å². The zero-order valence-electron chi connectivity index (χ0n) is 11.6. The summed E-state index contributed by atoms with van der Waals surface area (Å²) in [6.07, 6.45) is 1.82.